The predicted molar refractivity (Wildman–Crippen MR) is 169 cm³/mol. The molecular formula is C33H41N3O6S. The van der Waals surface area contributed by atoms with E-state index in [0.717, 1.165) is 34.5 Å². The minimum atomic E-state index is -3.94. The summed E-state index contributed by atoms with van der Waals surface area (Å²) in [6, 6.07) is 22.3. The van der Waals surface area contributed by atoms with Crippen molar-refractivity contribution in [2.45, 2.75) is 52.2 Å². The van der Waals surface area contributed by atoms with E-state index in [1.54, 1.807) is 18.2 Å². The van der Waals surface area contributed by atoms with Crippen molar-refractivity contribution < 1.29 is 27.6 Å². The first-order chi connectivity index (χ1) is 20.6. The summed E-state index contributed by atoms with van der Waals surface area (Å²) in [4.78, 5) is 33.3. The monoisotopic (exact) mass is 607 g/mol. The van der Waals surface area contributed by atoms with Crippen molar-refractivity contribution in [3.8, 4) is 0 Å². The lowest BCUT2D eigenvalue weighted by atomic mass is 9.82. The number of benzene rings is 3. The van der Waals surface area contributed by atoms with Crippen molar-refractivity contribution in [2.75, 3.05) is 17.3 Å². The van der Waals surface area contributed by atoms with E-state index in [-0.39, 0.29) is 12.3 Å². The Balaban J connectivity index is 1.64. The Morgan fingerprint density at radius 2 is 1.70 bits per heavy atom. The number of amides is 2. The largest absolute Gasteiger partial charge is 0.350 e. The summed E-state index contributed by atoms with van der Waals surface area (Å²) in [5, 5.41) is 1.49. The van der Waals surface area contributed by atoms with E-state index in [4.69, 9.17) is 9.57 Å². The SMILES string of the molecule is CC(C)C[C@@H](C(=O)NN(c1cccc2ccccc12)S(C)(=O)=O)[C@H](CC=Cc1ccccc1)C(=O)NOC1CCCCO1. The molecule has 9 nitrogen and oxygen atoms in total. The number of rotatable bonds is 13. The molecule has 2 amide bonds. The standard InChI is InChI=1S/C33H41N3O6S/c1-24(2)23-29(32(37)34-36(43(3,39)40)30-20-12-17-26-16-7-8-18-27(26)30)28(19-11-15-25-13-5-4-6-14-25)33(38)35-42-31-21-9-10-22-41-31/h4-8,11-18,20,24,28-29,31H,9-10,19,21-23H2,1-3H3,(H,34,37)(H,35,38)/t28-,29+,31?/m0/s1. The van der Waals surface area contributed by atoms with Crippen molar-refractivity contribution in [1.29, 1.82) is 0 Å². The van der Waals surface area contributed by atoms with Gasteiger partial charge < -0.3 is 4.74 Å². The maximum absolute atomic E-state index is 14.0. The lowest BCUT2D eigenvalue weighted by molar-refractivity contribution is -0.203. The molecule has 0 radical (unpaired) electrons. The highest BCUT2D eigenvalue weighted by Crippen LogP contribution is 2.30. The van der Waals surface area contributed by atoms with Crippen LogP contribution in [-0.4, -0.2) is 39.4 Å². The van der Waals surface area contributed by atoms with Crippen LogP contribution in [0.15, 0.2) is 78.9 Å². The minimum Gasteiger partial charge on any atom is -0.350 e. The summed E-state index contributed by atoms with van der Waals surface area (Å²) < 4.78 is 32.6. The number of anilines is 1. The molecule has 43 heavy (non-hydrogen) atoms. The average Bonchev–Trinajstić information content (AvgIpc) is 3.00. The van der Waals surface area contributed by atoms with Crippen LogP contribution in [0.4, 0.5) is 5.69 Å². The minimum absolute atomic E-state index is 0.0380. The number of nitrogens with one attached hydrogen (secondary N) is 2. The molecular weight excluding hydrogens is 566 g/mol. The molecule has 0 aromatic heterocycles. The molecule has 3 aromatic rings. The number of fused-ring (bicyclic) bond motifs is 1. The molecule has 1 unspecified atom stereocenters. The van der Waals surface area contributed by atoms with Crippen molar-refractivity contribution in [3.63, 3.8) is 0 Å². The Morgan fingerprint density at radius 1 is 0.977 bits per heavy atom. The van der Waals surface area contributed by atoms with Gasteiger partial charge in [-0.3, -0.25) is 15.0 Å². The fourth-order valence-electron chi connectivity index (χ4n) is 5.22. The zero-order chi connectivity index (χ0) is 30.8. The maximum atomic E-state index is 14.0. The van der Waals surface area contributed by atoms with Gasteiger partial charge in [0, 0.05) is 18.4 Å². The Labute approximate surface area is 254 Å². The van der Waals surface area contributed by atoms with Gasteiger partial charge in [-0.2, -0.15) is 4.41 Å². The second-order valence-electron chi connectivity index (χ2n) is 11.3. The number of hydrogen-bond acceptors (Lipinski definition) is 6. The Morgan fingerprint density at radius 3 is 2.40 bits per heavy atom. The lowest BCUT2D eigenvalue weighted by Gasteiger charge is -2.31. The predicted octanol–water partition coefficient (Wildman–Crippen LogP) is 5.59. The third kappa shape index (κ3) is 9.13. The molecule has 1 aliphatic rings. The number of hydrazine groups is 1. The summed E-state index contributed by atoms with van der Waals surface area (Å²) in [7, 11) is -3.94. The normalized spacial score (nSPS) is 17.1. The number of nitrogens with zero attached hydrogens (tertiary/aromatic N) is 1. The Kier molecular flexibility index (Phi) is 11.3. The second-order valence-corrected chi connectivity index (χ2v) is 13.1. The molecule has 0 aliphatic carbocycles. The summed E-state index contributed by atoms with van der Waals surface area (Å²) in [5.74, 6) is -2.72. The highest BCUT2D eigenvalue weighted by atomic mass is 32.2. The molecule has 0 saturated carbocycles. The van der Waals surface area contributed by atoms with Crippen LogP contribution in [-0.2, 0) is 29.2 Å². The summed E-state index contributed by atoms with van der Waals surface area (Å²) in [6.45, 7) is 4.47. The molecule has 1 aliphatic heterocycles. The fourth-order valence-corrected chi connectivity index (χ4v) is 6.00. The third-order valence-electron chi connectivity index (χ3n) is 7.34. The zero-order valence-corrected chi connectivity index (χ0v) is 25.8. The maximum Gasteiger partial charge on any atom is 0.249 e. The van der Waals surface area contributed by atoms with Crippen LogP contribution in [0.1, 0.15) is 51.5 Å². The van der Waals surface area contributed by atoms with E-state index in [0.29, 0.717) is 30.5 Å². The van der Waals surface area contributed by atoms with E-state index in [9.17, 15) is 18.0 Å². The number of carbonyl (C=O) groups is 2. The molecule has 1 fully saturated rings. The van der Waals surface area contributed by atoms with Crippen molar-refractivity contribution in [3.05, 3.63) is 84.4 Å². The lowest BCUT2D eigenvalue weighted by Crippen LogP contribution is -2.51. The molecule has 3 atom stereocenters. The molecule has 10 heteroatoms. The van der Waals surface area contributed by atoms with E-state index in [1.807, 2.05) is 80.6 Å². The van der Waals surface area contributed by atoms with Crippen LogP contribution >= 0.6 is 0 Å². The first kappa shape index (κ1) is 32.2. The van der Waals surface area contributed by atoms with Gasteiger partial charge in [0.2, 0.25) is 21.8 Å². The van der Waals surface area contributed by atoms with Crippen LogP contribution in [0.2, 0.25) is 0 Å². The van der Waals surface area contributed by atoms with Gasteiger partial charge in [-0.15, -0.1) is 0 Å². The molecule has 1 saturated heterocycles. The summed E-state index contributed by atoms with van der Waals surface area (Å²) in [5.41, 5.74) is 6.47. The zero-order valence-electron chi connectivity index (χ0n) is 24.9. The smallest absolute Gasteiger partial charge is 0.249 e. The van der Waals surface area contributed by atoms with Gasteiger partial charge in [0.05, 0.1) is 23.8 Å². The van der Waals surface area contributed by atoms with Crippen molar-refractivity contribution >= 4 is 44.4 Å². The van der Waals surface area contributed by atoms with Gasteiger partial charge in [0.25, 0.3) is 0 Å². The van der Waals surface area contributed by atoms with E-state index in [1.165, 1.54) is 0 Å². The topological polar surface area (TPSA) is 114 Å². The first-order valence-corrected chi connectivity index (χ1v) is 16.6. The van der Waals surface area contributed by atoms with Gasteiger partial charge >= 0.3 is 0 Å². The number of sulfonamides is 1. The molecule has 0 bridgehead atoms. The average molecular weight is 608 g/mol. The van der Waals surface area contributed by atoms with Gasteiger partial charge in [-0.25, -0.2) is 18.7 Å². The highest BCUT2D eigenvalue weighted by Gasteiger charge is 2.36. The molecule has 2 N–H and O–H groups in total. The third-order valence-corrected chi connectivity index (χ3v) is 8.29. The van der Waals surface area contributed by atoms with Gasteiger partial charge in [0.15, 0.2) is 6.29 Å². The van der Waals surface area contributed by atoms with E-state index < -0.39 is 40.0 Å². The fraction of sp³-hybridized carbons (Fsp3) is 0.394. The second kappa shape index (κ2) is 15.1. The Bertz CT molecular complexity index is 1500. The Hall–Kier alpha value is -3.73. The number of ether oxygens (including phenoxy) is 1. The molecule has 1 heterocycles. The number of allylic oxidation sites excluding steroid dienone is 1. The van der Waals surface area contributed by atoms with Gasteiger partial charge in [-0.05, 0) is 48.6 Å². The van der Waals surface area contributed by atoms with Gasteiger partial charge in [0.1, 0.15) is 0 Å². The quantitative estimate of drug-likeness (QED) is 0.245. The van der Waals surface area contributed by atoms with E-state index in [2.05, 4.69) is 10.9 Å². The van der Waals surface area contributed by atoms with Crippen LogP contribution in [0.3, 0.4) is 0 Å². The molecule has 3 aromatic carbocycles. The van der Waals surface area contributed by atoms with Gasteiger partial charge in [-0.1, -0.05) is 92.7 Å². The number of hydroxylamine groups is 1. The number of carbonyl (C=O) groups excluding carboxylic acids is 2. The summed E-state index contributed by atoms with van der Waals surface area (Å²) >= 11 is 0. The van der Waals surface area contributed by atoms with Crippen LogP contribution < -0.4 is 15.3 Å². The van der Waals surface area contributed by atoms with E-state index >= 15 is 0 Å². The van der Waals surface area contributed by atoms with Crippen molar-refractivity contribution in [1.82, 2.24) is 10.9 Å². The van der Waals surface area contributed by atoms with Crippen LogP contribution in [0, 0.1) is 17.8 Å². The van der Waals surface area contributed by atoms with Crippen LogP contribution in [0.25, 0.3) is 16.8 Å². The molecule has 0 spiro atoms. The number of hydrogen-bond donors (Lipinski definition) is 2. The molecule has 4 rings (SSSR count). The molecule has 230 valence electrons. The first-order valence-electron chi connectivity index (χ1n) is 14.7. The van der Waals surface area contributed by atoms with Crippen LogP contribution in [0.5, 0.6) is 0 Å². The summed E-state index contributed by atoms with van der Waals surface area (Å²) in [6.07, 6.45) is 7.33. The highest BCUT2D eigenvalue weighted by molar-refractivity contribution is 7.92. The van der Waals surface area contributed by atoms with Crippen molar-refractivity contribution in [2.24, 2.45) is 17.8 Å².